The molecular formula is C21H23ClFNO4. The summed E-state index contributed by atoms with van der Waals surface area (Å²) in [6.45, 7) is 1.60. The van der Waals surface area contributed by atoms with E-state index in [1.807, 2.05) is 18.2 Å². The molecule has 2 aromatic carbocycles. The second kappa shape index (κ2) is 8.66. The van der Waals surface area contributed by atoms with E-state index in [-0.39, 0.29) is 19.2 Å². The monoisotopic (exact) mass is 407 g/mol. The standard InChI is InChI=1S/C21H23ClFNO4/c22-18-2-1-3-19(23)17(18)10-24(15-5-6-15)9-16(25)12-26-11-14-4-7-20-21(8-14)28-13-27-20/h1-4,7-8,15-16,25H,5-6,9-13H2/t16-/m0/s1. The van der Waals surface area contributed by atoms with E-state index in [9.17, 15) is 9.50 Å². The lowest BCUT2D eigenvalue weighted by Gasteiger charge is -2.25. The van der Waals surface area contributed by atoms with Gasteiger partial charge in [0.05, 0.1) is 19.3 Å². The molecule has 2 aromatic rings. The molecular weight excluding hydrogens is 385 g/mol. The number of benzene rings is 2. The van der Waals surface area contributed by atoms with Gasteiger partial charge in [-0.15, -0.1) is 0 Å². The second-order valence-corrected chi connectivity index (χ2v) is 7.62. The van der Waals surface area contributed by atoms with E-state index in [0.717, 1.165) is 24.2 Å². The number of hydrogen-bond acceptors (Lipinski definition) is 5. The van der Waals surface area contributed by atoms with Gasteiger partial charge in [-0.05, 0) is 42.7 Å². The highest BCUT2D eigenvalue weighted by Gasteiger charge is 2.31. The quantitative estimate of drug-likeness (QED) is 0.686. The molecule has 0 saturated heterocycles. The van der Waals surface area contributed by atoms with Crippen molar-refractivity contribution in [1.82, 2.24) is 4.90 Å². The third-order valence-corrected chi connectivity index (χ3v) is 5.30. The predicted octanol–water partition coefficient (Wildman–Crippen LogP) is 3.75. The van der Waals surface area contributed by atoms with Gasteiger partial charge in [-0.3, -0.25) is 4.90 Å². The van der Waals surface area contributed by atoms with Crippen molar-refractivity contribution in [1.29, 1.82) is 0 Å². The van der Waals surface area contributed by atoms with Gasteiger partial charge in [0.15, 0.2) is 11.5 Å². The van der Waals surface area contributed by atoms with E-state index < -0.39 is 6.10 Å². The SMILES string of the molecule is O[C@H](COCc1ccc2c(c1)OCO2)CN(Cc1c(F)cccc1Cl)C1CC1. The zero-order valence-corrected chi connectivity index (χ0v) is 16.2. The number of hydrogen-bond donors (Lipinski definition) is 1. The van der Waals surface area contributed by atoms with E-state index in [1.54, 1.807) is 12.1 Å². The summed E-state index contributed by atoms with van der Waals surface area (Å²) < 4.78 is 30.4. The molecule has 2 aliphatic rings. The third-order valence-electron chi connectivity index (χ3n) is 4.95. The van der Waals surface area contributed by atoms with Crippen LogP contribution in [0.2, 0.25) is 5.02 Å². The van der Waals surface area contributed by atoms with Crippen LogP contribution in [0.25, 0.3) is 0 Å². The summed E-state index contributed by atoms with van der Waals surface area (Å²) in [5.41, 5.74) is 1.43. The highest BCUT2D eigenvalue weighted by atomic mass is 35.5. The minimum atomic E-state index is -0.667. The van der Waals surface area contributed by atoms with Gasteiger partial charge in [-0.1, -0.05) is 23.7 Å². The Kier molecular flexibility index (Phi) is 6.01. The Morgan fingerprint density at radius 1 is 1.21 bits per heavy atom. The van der Waals surface area contributed by atoms with E-state index in [2.05, 4.69) is 4.90 Å². The van der Waals surface area contributed by atoms with E-state index in [0.29, 0.717) is 42.1 Å². The summed E-state index contributed by atoms with van der Waals surface area (Å²) in [6, 6.07) is 10.7. The number of aliphatic hydroxyl groups is 1. The summed E-state index contributed by atoms with van der Waals surface area (Å²) in [6.07, 6.45) is 1.44. The molecule has 0 spiro atoms. The van der Waals surface area contributed by atoms with Crippen LogP contribution >= 0.6 is 11.6 Å². The molecule has 7 heteroatoms. The maximum atomic E-state index is 14.1. The average Bonchev–Trinajstić information content (AvgIpc) is 3.41. The fourth-order valence-electron chi connectivity index (χ4n) is 3.34. The fourth-order valence-corrected chi connectivity index (χ4v) is 3.56. The van der Waals surface area contributed by atoms with Gasteiger partial charge >= 0.3 is 0 Å². The van der Waals surface area contributed by atoms with E-state index >= 15 is 0 Å². The molecule has 150 valence electrons. The van der Waals surface area contributed by atoms with Crippen molar-refractivity contribution in [2.24, 2.45) is 0 Å². The van der Waals surface area contributed by atoms with Crippen LogP contribution in [0.1, 0.15) is 24.0 Å². The summed E-state index contributed by atoms with van der Waals surface area (Å²) in [5.74, 6) is 1.13. The molecule has 1 atom stereocenters. The zero-order chi connectivity index (χ0) is 19.5. The van der Waals surface area contributed by atoms with Crippen molar-refractivity contribution in [2.45, 2.75) is 38.1 Å². The third kappa shape index (κ3) is 4.75. The Labute approximate surface area is 168 Å². The summed E-state index contributed by atoms with van der Waals surface area (Å²) in [5, 5.41) is 10.8. The second-order valence-electron chi connectivity index (χ2n) is 7.22. The van der Waals surface area contributed by atoms with Crippen molar-refractivity contribution < 1.29 is 23.7 Å². The van der Waals surface area contributed by atoms with Crippen LogP contribution in [0.5, 0.6) is 11.5 Å². The van der Waals surface area contributed by atoms with Crippen molar-refractivity contribution in [3.63, 3.8) is 0 Å². The molecule has 1 fully saturated rings. The largest absolute Gasteiger partial charge is 0.454 e. The first kappa shape index (κ1) is 19.5. The Hall–Kier alpha value is -1.86. The molecule has 0 bridgehead atoms. The van der Waals surface area contributed by atoms with Gasteiger partial charge in [-0.25, -0.2) is 4.39 Å². The van der Waals surface area contributed by atoms with Crippen LogP contribution in [0.4, 0.5) is 4.39 Å². The smallest absolute Gasteiger partial charge is 0.231 e. The minimum absolute atomic E-state index is 0.197. The summed E-state index contributed by atoms with van der Waals surface area (Å²) in [4.78, 5) is 2.08. The van der Waals surface area contributed by atoms with Crippen LogP contribution in [0.3, 0.4) is 0 Å². The summed E-state index contributed by atoms with van der Waals surface area (Å²) in [7, 11) is 0. The van der Waals surface area contributed by atoms with Crippen molar-refractivity contribution >= 4 is 11.6 Å². The number of rotatable bonds is 9. The topological polar surface area (TPSA) is 51.2 Å². The molecule has 0 amide bonds. The zero-order valence-electron chi connectivity index (χ0n) is 15.4. The van der Waals surface area contributed by atoms with E-state index in [4.69, 9.17) is 25.8 Å². The number of halogens is 2. The molecule has 28 heavy (non-hydrogen) atoms. The fraction of sp³-hybridized carbons (Fsp3) is 0.429. The maximum Gasteiger partial charge on any atom is 0.231 e. The molecule has 1 aliphatic heterocycles. The predicted molar refractivity (Wildman–Crippen MR) is 103 cm³/mol. The molecule has 0 radical (unpaired) electrons. The maximum absolute atomic E-state index is 14.1. The van der Waals surface area contributed by atoms with Crippen LogP contribution in [-0.2, 0) is 17.9 Å². The van der Waals surface area contributed by atoms with Crippen LogP contribution < -0.4 is 9.47 Å². The molecule has 1 saturated carbocycles. The molecule has 5 nitrogen and oxygen atoms in total. The van der Waals surface area contributed by atoms with Gasteiger partial charge in [0.25, 0.3) is 0 Å². The first-order valence-corrected chi connectivity index (χ1v) is 9.79. The van der Waals surface area contributed by atoms with Gasteiger partial charge in [0.2, 0.25) is 6.79 Å². The van der Waals surface area contributed by atoms with Gasteiger partial charge in [0.1, 0.15) is 5.82 Å². The lowest BCUT2D eigenvalue weighted by Crippen LogP contribution is -2.36. The van der Waals surface area contributed by atoms with Gasteiger partial charge in [-0.2, -0.15) is 0 Å². The van der Waals surface area contributed by atoms with Crippen LogP contribution in [0, 0.1) is 5.82 Å². The Morgan fingerprint density at radius 3 is 2.82 bits per heavy atom. The lowest BCUT2D eigenvalue weighted by molar-refractivity contribution is 0.00687. The van der Waals surface area contributed by atoms with Gasteiger partial charge in [0, 0.05) is 29.7 Å². The molecule has 1 heterocycles. The van der Waals surface area contributed by atoms with Crippen molar-refractivity contribution in [2.75, 3.05) is 19.9 Å². The number of aliphatic hydroxyl groups excluding tert-OH is 1. The number of fused-ring (bicyclic) bond motifs is 1. The molecule has 1 aliphatic carbocycles. The molecule has 1 N–H and O–H groups in total. The average molecular weight is 408 g/mol. The highest BCUT2D eigenvalue weighted by Crippen LogP contribution is 2.33. The first-order valence-electron chi connectivity index (χ1n) is 9.41. The lowest BCUT2D eigenvalue weighted by atomic mass is 10.2. The Morgan fingerprint density at radius 2 is 2.04 bits per heavy atom. The van der Waals surface area contributed by atoms with Crippen LogP contribution in [0.15, 0.2) is 36.4 Å². The number of ether oxygens (including phenoxy) is 3. The van der Waals surface area contributed by atoms with Gasteiger partial charge < -0.3 is 19.3 Å². The van der Waals surface area contributed by atoms with Crippen LogP contribution in [-0.4, -0.2) is 42.1 Å². The molecule has 0 aromatic heterocycles. The highest BCUT2D eigenvalue weighted by molar-refractivity contribution is 6.31. The molecule has 0 unspecified atom stereocenters. The molecule has 4 rings (SSSR count). The Bertz CT molecular complexity index is 810. The number of nitrogens with zero attached hydrogens (tertiary/aromatic N) is 1. The normalized spacial score (nSPS) is 16.6. The van der Waals surface area contributed by atoms with E-state index in [1.165, 1.54) is 6.07 Å². The summed E-state index contributed by atoms with van der Waals surface area (Å²) >= 11 is 6.15. The minimum Gasteiger partial charge on any atom is -0.454 e. The first-order chi connectivity index (χ1) is 13.6. The Balaban J connectivity index is 1.28. The van der Waals surface area contributed by atoms with Crippen molar-refractivity contribution in [3.8, 4) is 11.5 Å². The van der Waals surface area contributed by atoms with Crippen molar-refractivity contribution in [3.05, 3.63) is 58.4 Å².